The van der Waals surface area contributed by atoms with E-state index in [-0.39, 0.29) is 29.9 Å². The highest BCUT2D eigenvalue weighted by Crippen LogP contribution is 2.18. The zero-order valence-corrected chi connectivity index (χ0v) is 15.6. The molecule has 0 bridgehead atoms. The molecule has 138 valence electrons. The smallest absolute Gasteiger partial charge is 0.223 e. The highest BCUT2D eigenvalue weighted by Gasteiger charge is 2.31. The third-order valence-corrected chi connectivity index (χ3v) is 4.93. The molecular formula is C20H35NO3. The molecule has 0 aromatic heterocycles. The van der Waals surface area contributed by atoms with Crippen molar-refractivity contribution in [3.8, 4) is 0 Å². The lowest BCUT2D eigenvalue weighted by Crippen LogP contribution is -2.42. The fourth-order valence-corrected chi connectivity index (χ4v) is 3.48. The number of rotatable bonds is 14. The summed E-state index contributed by atoms with van der Waals surface area (Å²) < 4.78 is 0. The van der Waals surface area contributed by atoms with Gasteiger partial charge in [0.15, 0.2) is 5.78 Å². The zero-order valence-electron chi connectivity index (χ0n) is 15.6. The van der Waals surface area contributed by atoms with Crippen molar-refractivity contribution in [2.45, 2.75) is 103 Å². The van der Waals surface area contributed by atoms with Gasteiger partial charge in [-0.3, -0.25) is 14.4 Å². The van der Waals surface area contributed by atoms with Gasteiger partial charge in [0.25, 0.3) is 0 Å². The first-order valence-electron chi connectivity index (χ1n) is 9.94. The molecule has 1 heterocycles. The summed E-state index contributed by atoms with van der Waals surface area (Å²) in [7, 11) is 0. The van der Waals surface area contributed by atoms with E-state index >= 15 is 0 Å². The van der Waals surface area contributed by atoms with Crippen molar-refractivity contribution in [2.24, 2.45) is 0 Å². The monoisotopic (exact) mass is 337 g/mol. The number of hydrogen-bond donors (Lipinski definition) is 0. The van der Waals surface area contributed by atoms with Crippen LogP contribution in [-0.4, -0.2) is 35.0 Å². The summed E-state index contributed by atoms with van der Waals surface area (Å²) in [5.41, 5.74) is 0. The number of carbonyl (C=O) groups excluding carboxylic acids is 3. The second-order valence-corrected chi connectivity index (χ2v) is 7.02. The normalized spacial score (nSPS) is 15.8. The number of Topliss-reactive ketones (excluding diaryl/α,β-unsaturated/α-hetero) is 2. The van der Waals surface area contributed by atoms with Gasteiger partial charge in [0.05, 0.1) is 12.5 Å². The molecule has 4 heteroatoms. The van der Waals surface area contributed by atoms with Crippen LogP contribution in [0.3, 0.4) is 0 Å². The summed E-state index contributed by atoms with van der Waals surface area (Å²) in [5.74, 6) is 0.0270. The molecule has 1 atom stereocenters. The van der Waals surface area contributed by atoms with Crippen LogP contribution in [0.1, 0.15) is 97.3 Å². The van der Waals surface area contributed by atoms with Crippen LogP contribution in [0.15, 0.2) is 0 Å². The summed E-state index contributed by atoms with van der Waals surface area (Å²) in [6, 6.07) is -0.387. The molecule has 0 aliphatic carbocycles. The molecule has 1 amide bonds. The van der Waals surface area contributed by atoms with Crippen molar-refractivity contribution in [1.82, 2.24) is 4.90 Å². The predicted octanol–water partition coefficient (Wildman–Crippen LogP) is 4.45. The standard InChI is InChI=1S/C20H35NO3/c1-3-5-6-7-8-9-10-11-13-17(22)16-19(23)18(4-2)21-15-12-14-20(21)24/h18H,3-16H2,1-2H3/t18-/m0/s1. The molecular weight excluding hydrogens is 302 g/mol. The lowest BCUT2D eigenvalue weighted by Gasteiger charge is -2.25. The van der Waals surface area contributed by atoms with Crippen LogP contribution in [0.5, 0.6) is 0 Å². The second kappa shape index (κ2) is 12.2. The number of amides is 1. The van der Waals surface area contributed by atoms with Crippen molar-refractivity contribution in [2.75, 3.05) is 6.54 Å². The molecule has 1 fully saturated rings. The number of hydrogen-bond acceptors (Lipinski definition) is 3. The molecule has 0 saturated carbocycles. The third-order valence-electron chi connectivity index (χ3n) is 4.93. The van der Waals surface area contributed by atoms with Gasteiger partial charge in [-0.1, -0.05) is 58.8 Å². The zero-order chi connectivity index (χ0) is 17.8. The molecule has 0 unspecified atom stereocenters. The quantitative estimate of drug-likeness (QED) is 0.348. The maximum atomic E-state index is 12.3. The fourth-order valence-electron chi connectivity index (χ4n) is 3.48. The third kappa shape index (κ3) is 7.59. The molecule has 0 aromatic rings. The van der Waals surface area contributed by atoms with E-state index in [4.69, 9.17) is 0 Å². The maximum Gasteiger partial charge on any atom is 0.223 e. The summed E-state index contributed by atoms with van der Waals surface area (Å²) in [6.45, 7) is 4.79. The maximum absolute atomic E-state index is 12.3. The van der Waals surface area contributed by atoms with Gasteiger partial charge in [-0.25, -0.2) is 0 Å². The Bertz CT molecular complexity index is 406. The Kier molecular flexibility index (Phi) is 10.6. The highest BCUT2D eigenvalue weighted by molar-refractivity contribution is 6.02. The topological polar surface area (TPSA) is 54.5 Å². The molecule has 1 aliphatic heterocycles. The molecule has 0 aromatic carbocycles. The first kappa shape index (κ1) is 20.9. The molecule has 0 spiro atoms. The van der Waals surface area contributed by atoms with Crippen molar-refractivity contribution in [3.05, 3.63) is 0 Å². The Morgan fingerprint density at radius 1 is 1.00 bits per heavy atom. The molecule has 1 aliphatic rings. The van der Waals surface area contributed by atoms with Gasteiger partial charge >= 0.3 is 0 Å². The van der Waals surface area contributed by atoms with Gasteiger partial charge in [-0.05, 0) is 19.3 Å². The van der Waals surface area contributed by atoms with Gasteiger partial charge in [-0.2, -0.15) is 0 Å². The summed E-state index contributed by atoms with van der Waals surface area (Å²) in [5, 5.41) is 0. The van der Waals surface area contributed by atoms with E-state index in [1.165, 1.54) is 38.5 Å². The molecule has 0 radical (unpaired) electrons. The van der Waals surface area contributed by atoms with Crippen LogP contribution >= 0.6 is 0 Å². The van der Waals surface area contributed by atoms with Crippen molar-refractivity contribution in [3.63, 3.8) is 0 Å². The Labute approximate surface area is 147 Å². The van der Waals surface area contributed by atoms with Crippen LogP contribution in [0.2, 0.25) is 0 Å². The largest absolute Gasteiger partial charge is 0.333 e. The van der Waals surface area contributed by atoms with Crippen LogP contribution < -0.4 is 0 Å². The van der Waals surface area contributed by atoms with Gasteiger partial charge in [0.2, 0.25) is 5.91 Å². The molecule has 24 heavy (non-hydrogen) atoms. The van der Waals surface area contributed by atoms with E-state index in [0.717, 1.165) is 19.3 Å². The Hall–Kier alpha value is -1.19. The Balaban J connectivity index is 2.17. The number of unbranched alkanes of at least 4 members (excludes halogenated alkanes) is 7. The van der Waals surface area contributed by atoms with Crippen LogP contribution in [0, 0.1) is 0 Å². The van der Waals surface area contributed by atoms with Crippen molar-refractivity contribution < 1.29 is 14.4 Å². The van der Waals surface area contributed by atoms with E-state index in [9.17, 15) is 14.4 Å². The first-order valence-corrected chi connectivity index (χ1v) is 9.94. The number of nitrogens with zero attached hydrogens (tertiary/aromatic N) is 1. The van der Waals surface area contributed by atoms with Crippen molar-refractivity contribution in [1.29, 1.82) is 0 Å². The SMILES string of the molecule is CCCCCCCCCCC(=O)CC(=O)[C@H](CC)N1CCCC1=O. The Morgan fingerprint density at radius 3 is 2.17 bits per heavy atom. The van der Waals surface area contributed by atoms with Gasteiger partial charge < -0.3 is 4.90 Å². The minimum atomic E-state index is -0.387. The summed E-state index contributed by atoms with van der Waals surface area (Å²) in [6.07, 6.45) is 12.1. The minimum Gasteiger partial charge on any atom is -0.333 e. The van der Waals surface area contributed by atoms with Crippen molar-refractivity contribution >= 4 is 17.5 Å². The van der Waals surface area contributed by atoms with Gasteiger partial charge in [0.1, 0.15) is 5.78 Å². The number of ketones is 2. The van der Waals surface area contributed by atoms with E-state index in [0.29, 0.717) is 25.8 Å². The van der Waals surface area contributed by atoms with Gasteiger partial charge in [-0.15, -0.1) is 0 Å². The number of carbonyl (C=O) groups is 3. The average Bonchev–Trinajstić information content (AvgIpc) is 2.96. The van der Waals surface area contributed by atoms with Crippen LogP contribution in [0.25, 0.3) is 0 Å². The predicted molar refractivity (Wildman–Crippen MR) is 96.9 cm³/mol. The molecule has 0 N–H and O–H groups in total. The highest BCUT2D eigenvalue weighted by atomic mass is 16.2. The minimum absolute atomic E-state index is 0.00120. The molecule has 1 rings (SSSR count). The first-order chi connectivity index (χ1) is 11.6. The van der Waals surface area contributed by atoms with Crippen LogP contribution in [-0.2, 0) is 14.4 Å². The van der Waals surface area contributed by atoms with E-state index < -0.39 is 0 Å². The lowest BCUT2D eigenvalue weighted by atomic mass is 10.00. The van der Waals surface area contributed by atoms with E-state index in [2.05, 4.69) is 6.92 Å². The van der Waals surface area contributed by atoms with Gasteiger partial charge in [0, 0.05) is 19.4 Å². The van der Waals surface area contributed by atoms with E-state index in [1.54, 1.807) is 4.90 Å². The summed E-state index contributed by atoms with van der Waals surface area (Å²) in [4.78, 5) is 37.8. The summed E-state index contributed by atoms with van der Waals surface area (Å²) >= 11 is 0. The lowest BCUT2D eigenvalue weighted by molar-refractivity contribution is -0.138. The molecule has 4 nitrogen and oxygen atoms in total. The Morgan fingerprint density at radius 2 is 1.62 bits per heavy atom. The molecule has 1 saturated heterocycles. The average molecular weight is 338 g/mol. The van der Waals surface area contributed by atoms with E-state index in [1.807, 2.05) is 6.92 Å². The second-order valence-electron chi connectivity index (χ2n) is 7.02. The fraction of sp³-hybridized carbons (Fsp3) is 0.850. The number of likely N-dealkylation sites (tertiary alicyclic amines) is 1. The van der Waals surface area contributed by atoms with Crippen LogP contribution in [0.4, 0.5) is 0 Å².